The Morgan fingerprint density at radius 3 is 2.75 bits per heavy atom. The van der Waals surface area contributed by atoms with Gasteiger partial charge in [0.1, 0.15) is 5.76 Å². The first-order chi connectivity index (χ1) is 11.5. The Kier molecular flexibility index (Phi) is 5.02. The second kappa shape index (κ2) is 6.89. The van der Waals surface area contributed by atoms with Gasteiger partial charge in [0.25, 0.3) is 5.91 Å². The molecule has 1 amide bonds. The van der Waals surface area contributed by atoms with Gasteiger partial charge in [-0.1, -0.05) is 22.0 Å². The first kappa shape index (κ1) is 17.5. The molecule has 1 aliphatic carbocycles. The van der Waals surface area contributed by atoms with Crippen LogP contribution in [0.25, 0.3) is 5.57 Å². The van der Waals surface area contributed by atoms with Gasteiger partial charge in [-0.2, -0.15) is 0 Å². The van der Waals surface area contributed by atoms with Gasteiger partial charge in [0, 0.05) is 18.2 Å². The molecule has 2 N–H and O–H groups in total. The minimum absolute atomic E-state index is 0.163. The SMILES string of the molecule is COCCC1CCC2(CC1)NC(=O)C(c1cc(Br)ccc1C)=C2O. The second-order valence-corrected chi connectivity index (χ2v) is 7.86. The van der Waals surface area contributed by atoms with Crippen molar-refractivity contribution in [3.63, 3.8) is 0 Å². The number of aryl methyl sites for hydroxylation is 1. The van der Waals surface area contributed by atoms with E-state index in [-0.39, 0.29) is 11.7 Å². The third kappa shape index (κ3) is 3.11. The van der Waals surface area contributed by atoms with Crippen molar-refractivity contribution >= 4 is 27.4 Å². The predicted molar refractivity (Wildman–Crippen MR) is 97.8 cm³/mol. The van der Waals surface area contributed by atoms with Crippen LogP contribution in [0.2, 0.25) is 0 Å². The number of hydrogen-bond donors (Lipinski definition) is 2. The number of halogens is 1. The summed E-state index contributed by atoms with van der Waals surface area (Å²) in [5, 5.41) is 14.0. The van der Waals surface area contributed by atoms with Crippen LogP contribution in [0.3, 0.4) is 0 Å². The number of aliphatic hydroxyl groups is 1. The maximum atomic E-state index is 12.6. The highest BCUT2D eigenvalue weighted by Crippen LogP contribution is 2.44. The zero-order chi connectivity index (χ0) is 17.3. The Labute approximate surface area is 151 Å². The normalized spacial score (nSPS) is 27.0. The van der Waals surface area contributed by atoms with Crippen molar-refractivity contribution in [2.24, 2.45) is 5.92 Å². The summed E-state index contributed by atoms with van der Waals surface area (Å²) in [4.78, 5) is 12.6. The molecule has 0 aromatic heterocycles. The van der Waals surface area contributed by atoms with Crippen LogP contribution in [0.1, 0.15) is 43.2 Å². The lowest BCUT2D eigenvalue weighted by Crippen LogP contribution is -2.47. The third-order valence-electron chi connectivity index (χ3n) is 5.43. The zero-order valence-electron chi connectivity index (χ0n) is 14.2. The lowest BCUT2D eigenvalue weighted by molar-refractivity contribution is -0.116. The van der Waals surface area contributed by atoms with Gasteiger partial charge in [0.2, 0.25) is 0 Å². The number of rotatable bonds is 4. The highest BCUT2D eigenvalue weighted by molar-refractivity contribution is 9.10. The van der Waals surface area contributed by atoms with Gasteiger partial charge < -0.3 is 15.2 Å². The minimum atomic E-state index is -0.579. The van der Waals surface area contributed by atoms with E-state index in [2.05, 4.69) is 21.2 Å². The summed E-state index contributed by atoms with van der Waals surface area (Å²) < 4.78 is 6.07. The lowest BCUT2D eigenvalue weighted by Gasteiger charge is -2.37. The first-order valence-electron chi connectivity index (χ1n) is 8.48. The van der Waals surface area contributed by atoms with Crippen molar-refractivity contribution in [2.75, 3.05) is 13.7 Å². The molecule has 1 aliphatic heterocycles. The Morgan fingerprint density at radius 2 is 2.08 bits per heavy atom. The van der Waals surface area contributed by atoms with E-state index in [1.807, 2.05) is 25.1 Å². The number of aliphatic hydroxyl groups excluding tert-OH is 1. The van der Waals surface area contributed by atoms with E-state index in [4.69, 9.17) is 4.74 Å². The first-order valence-corrected chi connectivity index (χ1v) is 9.28. The van der Waals surface area contributed by atoms with E-state index in [0.29, 0.717) is 11.5 Å². The fraction of sp³-hybridized carbons (Fsp3) is 0.526. The van der Waals surface area contributed by atoms with E-state index in [1.165, 1.54) is 0 Å². The van der Waals surface area contributed by atoms with Crippen molar-refractivity contribution in [1.82, 2.24) is 5.32 Å². The maximum Gasteiger partial charge on any atom is 0.256 e. The van der Waals surface area contributed by atoms with Gasteiger partial charge in [-0.15, -0.1) is 0 Å². The average Bonchev–Trinajstić information content (AvgIpc) is 2.80. The quantitative estimate of drug-likeness (QED) is 0.808. The Balaban J connectivity index is 1.87. The molecule has 4 nitrogen and oxygen atoms in total. The Bertz CT molecular complexity index is 675. The van der Waals surface area contributed by atoms with Crippen LogP contribution >= 0.6 is 15.9 Å². The van der Waals surface area contributed by atoms with Crippen LogP contribution in [0.5, 0.6) is 0 Å². The molecule has 0 bridgehead atoms. The second-order valence-electron chi connectivity index (χ2n) is 6.94. The van der Waals surface area contributed by atoms with Crippen LogP contribution in [-0.4, -0.2) is 30.3 Å². The van der Waals surface area contributed by atoms with Gasteiger partial charge >= 0.3 is 0 Å². The molecule has 1 saturated carbocycles. The summed E-state index contributed by atoms with van der Waals surface area (Å²) in [6, 6.07) is 5.81. The largest absolute Gasteiger partial charge is 0.509 e. The molecule has 1 fully saturated rings. The number of ether oxygens (including phenoxy) is 1. The minimum Gasteiger partial charge on any atom is -0.509 e. The van der Waals surface area contributed by atoms with E-state index < -0.39 is 5.54 Å². The summed E-state index contributed by atoms with van der Waals surface area (Å²) in [6.07, 6.45) is 4.62. The molecule has 1 aromatic carbocycles. The Hall–Kier alpha value is -1.33. The number of amides is 1. The van der Waals surface area contributed by atoms with Gasteiger partial charge in [-0.25, -0.2) is 0 Å². The van der Waals surface area contributed by atoms with Crippen molar-refractivity contribution in [1.29, 1.82) is 0 Å². The average molecular weight is 394 g/mol. The molecule has 3 rings (SSSR count). The van der Waals surface area contributed by atoms with Crippen molar-refractivity contribution in [3.8, 4) is 0 Å². The summed E-state index contributed by atoms with van der Waals surface area (Å²) in [5.74, 6) is 0.667. The molecule has 0 unspecified atom stereocenters. The molecule has 0 saturated heterocycles. The predicted octanol–water partition coefficient (Wildman–Crippen LogP) is 4.12. The molecule has 0 atom stereocenters. The van der Waals surface area contributed by atoms with Gasteiger partial charge in [0.05, 0.1) is 11.1 Å². The number of carbonyl (C=O) groups is 1. The van der Waals surface area contributed by atoms with Crippen LogP contribution in [0.15, 0.2) is 28.4 Å². The van der Waals surface area contributed by atoms with Crippen LogP contribution in [0.4, 0.5) is 0 Å². The lowest BCUT2D eigenvalue weighted by atomic mass is 9.74. The summed E-state index contributed by atoms with van der Waals surface area (Å²) >= 11 is 3.45. The number of carbonyl (C=O) groups excluding carboxylic acids is 1. The molecule has 1 aromatic rings. The molecule has 1 heterocycles. The monoisotopic (exact) mass is 393 g/mol. The molecular weight excluding hydrogens is 370 g/mol. The van der Waals surface area contributed by atoms with Crippen LogP contribution in [-0.2, 0) is 9.53 Å². The topological polar surface area (TPSA) is 58.6 Å². The number of hydrogen-bond acceptors (Lipinski definition) is 3. The molecule has 130 valence electrons. The molecular formula is C19H24BrNO3. The smallest absolute Gasteiger partial charge is 0.256 e. The van der Waals surface area contributed by atoms with E-state index in [9.17, 15) is 9.90 Å². The highest BCUT2D eigenvalue weighted by atomic mass is 79.9. The fourth-order valence-corrected chi connectivity index (χ4v) is 4.27. The van der Waals surface area contributed by atoms with Crippen molar-refractivity contribution < 1.29 is 14.6 Å². The van der Waals surface area contributed by atoms with E-state index in [0.717, 1.165) is 54.3 Å². The summed E-state index contributed by atoms with van der Waals surface area (Å²) in [7, 11) is 1.72. The molecule has 0 radical (unpaired) electrons. The van der Waals surface area contributed by atoms with Crippen LogP contribution in [0, 0.1) is 12.8 Å². The van der Waals surface area contributed by atoms with Gasteiger partial charge in [-0.3, -0.25) is 4.79 Å². The van der Waals surface area contributed by atoms with Crippen molar-refractivity contribution in [3.05, 3.63) is 39.6 Å². The molecule has 24 heavy (non-hydrogen) atoms. The Morgan fingerprint density at radius 1 is 1.38 bits per heavy atom. The fourth-order valence-electron chi connectivity index (χ4n) is 3.90. The third-order valence-corrected chi connectivity index (χ3v) is 5.92. The van der Waals surface area contributed by atoms with Crippen molar-refractivity contribution in [2.45, 2.75) is 44.6 Å². The highest BCUT2D eigenvalue weighted by Gasteiger charge is 2.47. The van der Waals surface area contributed by atoms with E-state index >= 15 is 0 Å². The standard InChI is InChI=1S/C19H24BrNO3/c1-12-3-4-14(20)11-15(12)16-17(22)19(21-18(16)23)8-5-13(6-9-19)7-10-24-2/h3-4,11,13,22H,5-10H2,1-2H3,(H,21,23). The maximum absolute atomic E-state index is 12.6. The number of nitrogens with one attached hydrogen (secondary N) is 1. The number of methoxy groups -OCH3 is 1. The zero-order valence-corrected chi connectivity index (χ0v) is 15.8. The molecule has 5 heteroatoms. The molecule has 2 aliphatic rings. The number of benzene rings is 1. The summed E-state index contributed by atoms with van der Waals surface area (Å²) in [5.41, 5.74) is 1.65. The summed E-state index contributed by atoms with van der Waals surface area (Å²) in [6.45, 7) is 2.73. The molecule has 1 spiro atoms. The van der Waals surface area contributed by atoms with Gasteiger partial charge in [-0.05, 0) is 68.2 Å². The van der Waals surface area contributed by atoms with Crippen LogP contribution < -0.4 is 5.32 Å². The van der Waals surface area contributed by atoms with Gasteiger partial charge in [0.15, 0.2) is 0 Å². The van der Waals surface area contributed by atoms with E-state index in [1.54, 1.807) is 7.11 Å².